The van der Waals surface area contributed by atoms with E-state index in [9.17, 15) is 4.79 Å². The lowest BCUT2D eigenvalue weighted by molar-refractivity contribution is 0.361. The molecule has 0 spiro atoms. The fourth-order valence-corrected chi connectivity index (χ4v) is 4.68. The molecular weight excluding hydrogens is 356 g/mol. The number of pyridine rings is 2. The lowest BCUT2D eigenvalue weighted by atomic mass is 9.91. The van der Waals surface area contributed by atoms with E-state index in [1.165, 1.54) is 19.3 Å². The standard InChI is InChI=1S/C26H24N2O/c29-25-22-17-10-18-27-26(22)28(21-15-8-3-9-16-21)24(20-13-6-2-7-14-20)23(25)19-11-4-1-5-12-19/h1-2,4-7,10-14,17-18,21H,3,8-9,15-16H2. The number of hydrogen-bond donors (Lipinski definition) is 0. The molecule has 0 N–H and O–H groups in total. The Bertz CT molecular complexity index is 1190. The second-order valence-electron chi connectivity index (χ2n) is 7.82. The fourth-order valence-electron chi connectivity index (χ4n) is 4.68. The minimum atomic E-state index is 0.0604. The number of rotatable bonds is 3. The van der Waals surface area contributed by atoms with Crippen LogP contribution in [-0.2, 0) is 0 Å². The summed E-state index contributed by atoms with van der Waals surface area (Å²) in [7, 11) is 0. The van der Waals surface area contributed by atoms with Crippen LogP contribution in [0.5, 0.6) is 0 Å². The Labute approximate surface area is 170 Å². The van der Waals surface area contributed by atoms with Crippen LogP contribution in [0.25, 0.3) is 33.4 Å². The highest BCUT2D eigenvalue weighted by atomic mass is 16.1. The van der Waals surface area contributed by atoms with Crippen molar-refractivity contribution >= 4 is 11.0 Å². The van der Waals surface area contributed by atoms with Crippen LogP contribution in [0.15, 0.2) is 83.8 Å². The van der Waals surface area contributed by atoms with Crippen molar-refractivity contribution in [2.45, 2.75) is 38.1 Å². The molecule has 0 aliphatic heterocycles. The SMILES string of the molecule is O=c1c(-c2ccccc2)c(-c2ccccc2)n(C2CCCCC2)c2ncccc12. The van der Waals surface area contributed by atoms with Gasteiger partial charge in [-0.1, -0.05) is 79.9 Å². The molecule has 0 radical (unpaired) electrons. The molecule has 1 aliphatic rings. The Morgan fingerprint density at radius 2 is 1.41 bits per heavy atom. The summed E-state index contributed by atoms with van der Waals surface area (Å²) in [5.74, 6) is 0. The molecule has 2 aromatic heterocycles. The van der Waals surface area contributed by atoms with Crippen molar-refractivity contribution in [2.24, 2.45) is 0 Å². The zero-order valence-electron chi connectivity index (χ0n) is 16.4. The van der Waals surface area contributed by atoms with Gasteiger partial charge in [0.1, 0.15) is 5.65 Å². The van der Waals surface area contributed by atoms with Crippen LogP contribution in [-0.4, -0.2) is 9.55 Å². The van der Waals surface area contributed by atoms with Crippen molar-refractivity contribution in [3.05, 3.63) is 89.2 Å². The summed E-state index contributed by atoms with van der Waals surface area (Å²) in [5, 5.41) is 0.705. The van der Waals surface area contributed by atoms with Crippen molar-refractivity contribution in [3.8, 4) is 22.4 Å². The molecule has 3 nitrogen and oxygen atoms in total. The maximum absolute atomic E-state index is 13.7. The number of aromatic nitrogens is 2. The van der Waals surface area contributed by atoms with Gasteiger partial charge in [-0.05, 0) is 36.1 Å². The Balaban J connectivity index is 1.94. The normalized spacial score (nSPS) is 14.9. The number of nitrogens with zero attached hydrogens (tertiary/aromatic N) is 2. The molecule has 2 heterocycles. The van der Waals surface area contributed by atoms with Gasteiger partial charge in [-0.25, -0.2) is 4.98 Å². The van der Waals surface area contributed by atoms with Gasteiger partial charge in [-0.15, -0.1) is 0 Å². The molecule has 2 aromatic carbocycles. The molecule has 4 aromatic rings. The summed E-state index contributed by atoms with van der Waals surface area (Å²) < 4.78 is 2.37. The van der Waals surface area contributed by atoms with Crippen LogP contribution in [0.3, 0.4) is 0 Å². The molecule has 144 valence electrons. The lowest BCUT2D eigenvalue weighted by Crippen LogP contribution is -2.22. The molecule has 1 saturated carbocycles. The highest BCUT2D eigenvalue weighted by Gasteiger charge is 2.25. The average Bonchev–Trinajstić information content (AvgIpc) is 2.81. The van der Waals surface area contributed by atoms with Crippen molar-refractivity contribution in [2.75, 3.05) is 0 Å². The predicted octanol–water partition coefficient (Wildman–Crippen LogP) is 6.24. The van der Waals surface area contributed by atoms with E-state index in [1.54, 1.807) is 6.20 Å². The van der Waals surface area contributed by atoms with Crippen LogP contribution in [0.2, 0.25) is 0 Å². The molecule has 0 amide bonds. The molecule has 0 bridgehead atoms. The van der Waals surface area contributed by atoms with Crippen LogP contribution < -0.4 is 5.43 Å². The highest BCUT2D eigenvalue weighted by Crippen LogP contribution is 2.38. The van der Waals surface area contributed by atoms with Crippen LogP contribution in [0.1, 0.15) is 38.1 Å². The molecule has 0 atom stereocenters. The first-order valence-corrected chi connectivity index (χ1v) is 10.5. The Morgan fingerprint density at radius 1 is 0.759 bits per heavy atom. The zero-order valence-corrected chi connectivity index (χ0v) is 16.4. The van der Waals surface area contributed by atoms with Gasteiger partial charge in [-0.3, -0.25) is 4.79 Å². The molecule has 0 unspecified atom stereocenters. The van der Waals surface area contributed by atoms with E-state index in [2.05, 4.69) is 16.7 Å². The number of hydrogen-bond acceptors (Lipinski definition) is 2. The molecule has 1 aliphatic carbocycles. The summed E-state index contributed by atoms with van der Waals surface area (Å²) in [5.41, 5.74) is 4.68. The van der Waals surface area contributed by atoms with E-state index < -0.39 is 0 Å². The zero-order chi connectivity index (χ0) is 19.6. The third-order valence-corrected chi connectivity index (χ3v) is 6.01. The van der Waals surface area contributed by atoms with Crippen LogP contribution in [0, 0.1) is 0 Å². The predicted molar refractivity (Wildman–Crippen MR) is 119 cm³/mol. The third-order valence-electron chi connectivity index (χ3n) is 6.01. The van der Waals surface area contributed by atoms with Gasteiger partial charge in [0, 0.05) is 12.2 Å². The van der Waals surface area contributed by atoms with Crippen molar-refractivity contribution in [1.29, 1.82) is 0 Å². The fraction of sp³-hybridized carbons (Fsp3) is 0.231. The first-order chi connectivity index (χ1) is 14.3. The van der Waals surface area contributed by atoms with E-state index in [4.69, 9.17) is 4.98 Å². The highest BCUT2D eigenvalue weighted by molar-refractivity contribution is 5.91. The summed E-state index contributed by atoms with van der Waals surface area (Å²) in [6.07, 6.45) is 7.79. The molecule has 1 fully saturated rings. The first kappa shape index (κ1) is 17.9. The van der Waals surface area contributed by atoms with Crippen LogP contribution in [0.4, 0.5) is 0 Å². The summed E-state index contributed by atoms with van der Waals surface area (Å²) in [6.45, 7) is 0. The summed E-state index contributed by atoms with van der Waals surface area (Å²) in [6, 6.07) is 24.5. The van der Waals surface area contributed by atoms with E-state index in [-0.39, 0.29) is 5.43 Å². The largest absolute Gasteiger partial charge is 0.321 e. The molecule has 29 heavy (non-hydrogen) atoms. The first-order valence-electron chi connectivity index (χ1n) is 10.5. The Morgan fingerprint density at radius 3 is 2.10 bits per heavy atom. The maximum Gasteiger partial charge on any atom is 0.199 e. The van der Waals surface area contributed by atoms with E-state index in [1.807, 2.05) is 60.7 Å². The molecule has 5 rings (SSSR count). The summed E-state index contributed by atoms with van der Waals surface area (Å²) in [4.78, 5) is 18.4. The van der Waals surface area contributed by atoms with Crippen LogP contribution >= 0.6 is 0 Å². The van der Waals surface area contributed by atoms with E-state index >= 15 is 0 Å². The topological polar surface area (TPSA) is 34.9 Å². The quantitative estimate of drug-likeness (QED) is 0.422. The van der Waals surface area contributed by atoms with Gasteiger partial charge < -0.3 is 4.57 Å². The molecular formula is C26H24N2O. The summed E-state index contributed by atoms with van der Waals surface area (Å²) >= 11 is 0. The van der Waals surface area contributed by atoms with Crippen molar-refractivity contribution in [1.82, 2.24) is 9.55 Å². The molecule has 0 saturated heterocycles. The second-order valence-corrected chi connectivity index (χ2v) is 7.82. The van der Waals surface area contributed by atoms with Crippen molar-refractivity contribution < 1.29 is 0 Å². The van der Waals surface area contributed by atoms with Gasteiger partial charge in [-0.2, -0.15) is 0 Å². The minimum Gasteiger partial charge on any atom is -0.321 e. The van der Waals surface area contributed by atoms with Gasteiger partial charge >= 0.3 is 0 Å². The Hall–Kier alpha value is -3.20. The van der Waals surface area contributed by atoms with E-state index in [0.717, 1.165) is 40.9 Å². The Kier molecular flexibility index (Phi) is 4.73. The van der Waals surface area contributed by atoms with E-state index in [0.29, 0.717) is 11.4 Å². The van der Waals surface area contributed by atoms with Gasteiger partial charge in [0.15, 0.2) is 5.43 Å². The van der Waals surface area contributed by atoms with Crippen molar-refractivity contribution in [3.63, 3.8) is 0 Å². The minimum absolute atomic E-state index is 0.0604. The van der Waals surface area contributed by atoms with Gasteiger partial charge in [0.05, 0.1) is 16.6 Å². The average molecular weight is 380 g/mol. The van der Waals surface area contributed by atoms with Gasteiger partial charge in [0.2, 0.25) is 0 Å². The molecule has 3 heteroatoms. The second kappa shape index (κ2) is 7.67. The maximum atomic E-state index is 13.7. The van der Waals surface area contributed by atoms with Gasteiger partial charge in [0.25, 0.3) is 0 Å². The number of fused-ring (bicyclic) bond motifs is 1. The third kappa shape index (κ3) is 3.17. The number of benzene rings is 2. The smallest absolute Gasteiger partial charge is 0.199 e. The monoisotopic (exact) mass is 380 g/mol. The lowest BCUT2D eigenvalue weighted by Gasteiger charge is -2.30.